The predicted octanol–water partition coefficient (Wildman–Crippen LogP) is 2.88. The van der Waals surface area contributed by atoms with Gasteiger partial charge in [0.1, 0.15) is 5.75 Å². The Labute approximate surface area is 113 Å². The number of para-hydroxylation sites is 1. The molecule has 0 saturated heterocycles. The average molecular weight is 254 g/mol. The summed E-state index contributed by atoms with van der Waals surface area (Å²) < 4.78 is 5.91. The predicted molar refractivity (Wildman–Crippen MR) is 76.3 cm³/mol. The van der Waals surface area contributed by atoms with E-state index >= 15 is 0 Å². The maximum atomic E-state index is 5.91. The van der Waals surface area contributed by atoms with E-state index in [-0.39, 0.29) is 0 Å². The molecule has 0 fully saturated rings. The molecule has 2 aromatic rings. The number of fused-ring (bicyclic) bond motifs is 1. The van der Waals surface area contributed by atoms with Gasteiger partial charge in [0.05, 0.1) is 6.61 Å². The summed E-state index contributed by atoms with van der Waals surface area (Å²) in [5.41, 5.74) is 10.4. The first-order valence-corrected chi connectivity index (χ1v) is 6.69. The lowest BCUT2D eigenvalue weighted by Gasteiger charge is -2.27. The second-order valence-electron chi connectivity index (χ2n) is 4.93. The largest absolute Gasteiger partial charge is 0.493 e. The summed E-state index contributed by atoms with van der Waals surface area (Å²) in [6.07, 6.45) is 2.82. The molecule has 1 atom stereocenters. The maximum absolute atomic E-state index is 5.91. The molecule has 2 N–H and O–H groups in total. The van der Waals surface area contributed by atoms with E-state index in [0.29, 0.717) is 12.5 Å². The summed E-state index contributed by atoms with van der Waals surface area (Å²) in [7, 11) is 0. The molecule has 0 aliphatic carbocycles. The Kier molecular flexibility index (Phi) is 3.22. The molecule has 0 unspecified atom stereocenters. The smallest absolute Gasteiger partial charge is 0.130 e. The third-order valence-corrected chi connectivity index (χ3v) is 3.78. The Morgan fingerprint density at radius 3 is 2.89 bits per heavy atom. The van der Waals surface area contributed by atoms with Crippen molar-refractivity contribution in [1.82, 2.24) is 4.98 Å². The minimum atomic E-state index is 0.403. The first kappa shape index (κ1) is 12.2. The van der Waals surface area contributed by atoms with Crippen LogP contribution in [0.3, 0.4) is 0 Å². The summed E-state index contributed by atoms with van der Waals surface area (Å²) in [5.74, 6) is 1.39. The van der Waals surface area contributed by atoms with Crippen LogP contribution in [0.25, 0.3) is 11.1 Å². The first-order chi connectivity index (χ1) is 9.31. The van der Waals surface area contributed by atoms with Gasteiger partial charge in [0, 0.05) is 28.9 Å². The molecule has 3 heteroatoms. The van der Waals surface area contributed by atoms with Crippen LogP contribution in [0.5, 0.6) is 5.75 Å². The lowest BCUT2D eigenvalue weighted by molar-refractivity contribution is 0.270. The number of benzene rings is 1. The zero-order valence-corrected chi connectivity index (χ0v) is 11.1. The van der Waals surface area contributed by atoms with E-state index in [0.717, 1.165) is 35.6 Å². The Balaban J connectivity index is 2.16. The van der Waals surface area contributed by atoms with Crippen molar-refractivity contribution in [2.24, 2.45) is 5.73 Å². The lowest BCUT2D eigenvalue weighted by atomic mass is 9.89. The fraction of sp³-hybridized carbons (Fsp3) is 0.312. The van der Waals surface area contributed by atoms with Crippen molar-refractivity contribution in [2.75, 3.05) is 13.2 Å². The molecule has 1 aliphatic heterocycles. The molecular weight excluding hydrogens is 236 g/mol. The number of hydrogen-bond donors (Lipinski definition) is 1. The standard InChI is InChI=1S/C16H18N2O/c1-11-13(6-3-8-18-11)15-5-2-4-14-12(10-17)7-9-19-16(14)15/h2-6,8,12H,7,9-10,17H2,1H3/t12-/m0/s1. The number of aryl methyl sites for hydroxylation is 1. The van der Waals surface area contributed by atoms with Gasteiger partial charge in [-0.3, -0.25) is 4.98 Å². The molecular formula is C16H18N2O. The number of ether oxygens (including phenoxy) is 1. The van der Waals surface area contributed by atoms with Gasteiger partial charge >= 0.3 is 0 Å². The second kappa shape index (κ2) is 5.02. The van der Waals surface area contributed by atoms with E-state index in [9.17, 15) is 0 Å². The number of pyridine rings is 1. The van der Waals surface area contributed by atoms with Gasteiger partial charge in [0.15, 0.2) is 0 Å². The fourth-order valence-corrected chi connectivity index (χ4v) is 2.72. The number of hydrogen-bond acceptors (Lipinski definition) is 3. The Morgan fingerprint density at radius 1 is 1.26 bits per heavy atom. The van der Waals surface area contributed by atoms with Crippen LogP contribution in [-0.2, 0) is 0 Å². The van der Waals surface area contributed by atoms with Crippen molar-refractivity contribution in [2.45, 2.75) is 19.3 Å². The Morgan fingerprint density at radius 2 is 2.11 bits per heavy atom. The van der Waals surface area contributed by atoms with E-state index in [2.05, 4.69) is 29.2 Å². The summed E-state index contributed by atoms with van der Waals surface area (Å²) in [6, 6.07) is 10.4. The molecule has 2 heterocycles. The van der Waals surface area contributed by atoms with Gasteiger partial charge in [-0.05, 0) is 31.5 Å². The second-order valence-corrected chi connectivity index (χ2v) is 4.93. The van der Waals surface area contributed by atoms with Crippen LogP contribution < -0.4 is 10.5 Å². The Bertz CT molecular complexity index is 595. The van der Waals surface area contributed by atoms with E-state index < -0.39 is 0 Å². The van der Waals surface area contributed by atoms with Crippen molar-refractivity contribution in [3.05, 3.63) is 47.8 Å². The molecule has 98 valence electrons. The van der Waals surface area contributed by atoms with Crippen LogP contribution in [-0.4, -0.2) is 18.1 Å². The topological polar surface area (TPSA) is 48.1 Å². The molecule has 1 aliphatic rings. The molecule has 3 rings (SSSR count). The van der Waals surface area contributed by atoms with Gasteiger partial charge in [-0.25, -0.2) is 0 Å². The molecule has 0 bridgehead atoms. The van der Waals surface area contributed by atoms with Crippen molar-refractivity contribution in [1.29, 1.82) is 0 Å². The summed E-state index contributed by atoms with van der Waals surface area (Å²) in [5, 5.41) is 0. The third-order valence-electron chi connectivity index (χ3n) is 3.78. The fourth-order valence-electron chi connectivity index (χ4n) is 2.72. The normalized spacial score (nSPS) is 17.7. The molecule has 1 aromatic carbocycles. The monoisotopic (exact) mass is 254 g/mol. The van der Waals surface area contributed by atoms with Crippen LogP contribution in [0.2, 0.25) is 0 Å². The maximum Gasteiger partial charge on any atom is 0.130 e. The van der Waals surface area contributed by atoms with E-state index in [1.165, 1.54) is 5.56 Å². The molecule has 0 amide bonds. The summed E-state index contributed by atoms with van der Waals surface area (Å²) in [4.78, 5) is 4.36. The van der Waals surface area contributed by atoms with Crippen LogP contribution in [0, 0.1) is 6.92 Å². The van der Waals surface area contributed by atoms with Crippen molar-refractivity contribution < 1.29 is 4.74 Å². The van der Waals surface area contributed by atoms with Crippen LogP contribution in [0.4, 0.5) is 0 Å². The quantitative estimate of drug-likeness (QED) is 0.896. The van der Waals surface area contributed by atoms with Gasteiger partial charge in [0.2, 0.25) is 0 Å². The Hall–Kier alpha value is -1.87. The molecule has 19 heavy (non-hydrogen) atoms. The molecule has 0 radical (unpaired) electrons. The van der Waals surface area contributed by atoms with Gasteiger partial charge in [-0.15, -0.1) is 0 Å². The molecule has 3 nitrogen and oxygen atoms in total. The van der Waals surface area contributed by atoms with E-state index in [1.54, 1.807) is 0 Å². The highest BCUT2D eigenvalue weighted by molar-refractivity contribution is 5.74. The highest BCUT2D eigenvalue weighted by Crippen LogP contribution is 2.41. The lowest BCUT2D eigenvalue weighted by Crippen LogP contribution is -2.21. The molecule has 1 aromatic heterocycles. The minimum absolute atomic E-state index is 0.403. The highest BCUT2D eigenvalue weighted by atomic mass is 16.5. The number of rotatable bonds is 2. The van der Waals surface area contributed by atoms with Crippen LogP contribution >= 0.6 is 0 Å². The molecule has 0 spiro atoms. The number of aromatic nitrogens is 1. The SMILES string of the molecule is Cc1ncccc1-c1cccc2c1OCC[C@H]2CN. The van der Waals surface area contributed by atoms with Gasteiger partial charge in [-0.2, -0.15) is 0 Å². The molecule has 0 saturated carbocycles. The van der Waals surface area contributed by atoms with Gasteiger partial charge in [0.25, 0.3) is 0 Å². The highest BCUT2D eigenvalue weighted by Gasteiger charge is 2.23. The van der Waals surface area contributed by atoms with Crippen molar-refractivity contribution >= 4 is 0 Å². The zero-order valence-electron chi connectivity index (χ0n) is 11.1. The number of nitrogens with zero attached hydrogens (tertiary/aromatic N) is 1. The van der Waals surface area contributed by atoms with Crippen molar-refractivity contribution in [3.8, 4) is 16.9 Å². The van der Waals surface area contributed by atoms with E-state index in [4.69, 9.17) is 10.5 Å². The third kappa shape index (κ3) is 2.10. The summed E-state index contributed by atoms with van der Waals surface area (Å²) >= 11 is 0. The summed E-state index contributed by atoms with van der Waals surface area (Å²) in [6.45, 7) is 3.44. The zero-order chi connectivity index (χ0) is 13.2. The number of nitrogens with two attached hydrogens (primary N) is 1. The van der Waals surface area contributed by atoms with Crippen LogP contribution in [0.15, 0.2) is 36.5 Å². The van der Waals surface area contributed by atoms with E-state index in [1.807, 2.05) is 19.2 Å². The van der Waals surface area contributed by atoms with Crippen molar-refractivity contribution in [3.63, 3.8) is 0 Å². The van der Waals surface area contributed by atoms with Crippen LogP contribution in [0.1, 0.15) is 23.6 Å². The van der Waals surface area contributed by atoms with Gasteiger partial charge in [-0.1, -0.05) is 24.3 Å². The minimum Gasteiger partial charge on any atom is -0.493 e. The van der Waals surface area contributed by atoms with Gasteiger partial charge < -0.3 is 10.5 Å². The first-order valence-electron chi connectivity index (χ1n) is 6.69. The average Bonchev–Trinajstić information content (AvgIpc) is 2.46.